The highest BCUT2D eigenvalue weighted by Gasteiger charge is 2.10. The van der Waals surface area contributed by atoms with Crippen molar-refractivity contribution < 1.29 is 0 Å². The standard InChI is InChI=1S/C19H16N4/c1-14-7-9-16(10-8-14)17-11-12-20-19-21-18(22-23(17)19)13-15-5-3-2-4-6-15/h2-12H,13H2,1H3. The fraction of sp³-hybridized carbons (Fsp3) is 0.105. The number of hydrogen-bond acceptors (Lipinski definition) is 3. The molecule has 4 rings (SSSR count). The van der Waals surface area contributed by atoms with Crippen LogP contribution in [0.15, 0.2) is 66.9 Å². The van der Waals surface area contributed by atoms with Crippen molar-refractivity contribution in [1.82, 2.24) is 19.6 Å². The highest BCUT2D eigenvalue weighted by molar-refractivity contribution is 5.61. The van der Waals surface area contributed by atoms with Gasteiger partial charge in [-0.25, -0.2) is 4.98 Å². The van der Waals surface area contributed by atoms with Crippen LogP contribution in [0.25, 0.3) is 17.0 Å². The van der Waals surface area contributed by atoms with Crippen LogP contribution in [0.4, 0.5) is 0 Å². The molecular formula is C19H16N4. The molecule has 2 aromatic heterocycles. The van der Waals surface area contributed by atoms with E-state index in [1.807, 2.05) is 28.8 Å². The van der Waals surface area contributed by atoms with Gasteiger partial charge in [0, 0.05) is 18.2 Å². The van der Waals surface area contributed by atoms with E-state index in [0.717, 1.165) is 17.1 Å². The second-order valence-corrected chi connectivity index (χ2v) is 5.60. The van der Waals surface area contributed by atoms with E-state index in [2.05, 4.69) is 58.4 Å². The molecule has 4 heteroatoms. The Hall–Kier alpha value is -3.01. The zero-order valence-corrected chi connectivity index (χ0v) is 12.8. The Morgan fingerprint density at radius 3 is 2.48 bits per heavy atom. The molecule has 0 aliphatic carbocycles. The first-order valence-electron chi connectivity index (χ1n) is 7.61. The zero-order valence-electron chi connectivity index (χ0n) is 12.8. The molecule has 0 saturated carbocycles. The van der Waals surface area contributed by atoms with Crippen molar-refractivity contribution in [3.8, 4) is 11.3 Å². The van der Waals surface area contributed by atoms with E-state index >= 15 is 0 Å². The third-order valence-electron chi connectivity index (χ3n) is 3.84. The Morgan fingerprint density at radius 2 is 1.70 bits per heavy atom. The largest absolute Gasteiger partial charge is 0.252 e. The van der Waals surface area contributed by atoms with Crippen LogP contribution in [-0.2, 0) is 6.42 Å². The van der Waals surface area contributed by atoms with Gasteiger partial charge in [0.1, 0.15) is 0 Å². The van der Waals surface area contributed by atoms with Gasteiger partial charge in [-0.05, 0) is 18.6 Å². The summed E-state index contributed by atoms with van der Waals surface area (Å²) in [6, 6.07) is 20.6. The van der Waals surface area contributed by atoms with Gasteiger partial charge in [0.25, 0.3) is 5.78 Å². The molecule has 0 N–H and O–H groups in total. The summed E-state index contributed by atoms with van der Waals surface area (Å²) in [4.78, 5) is 8.89. The van der Waals surface area contributed by atoms with Gasteiger partial charge < -0.3 is 0 Å². The number of benzene rings is 2. The van der Waals surface area contributed by atoms with Crippen LogP contribution in [0.2, 0.25) is 0 Å². The minimum atomic E-state index is 0.633. The molecule has 0 amide bonds. The van der Waals surface area contributed by atoms with Crippen molar-refractivity contribution in [1.29, 1.82) is 0 Å². The Morgan fingerprint density at radius 1 is 0.913 bits per heavy atom. The summed E-state index contributed by atoms with van der Waals surface area (Å²) in [5.41, 5.74) is 4.55. The molecule has 0 radical (unpaired) electrons. The molecule has 0 aliphatic heterocycles. The van der Waals surface area contributed by atoms with Gasteiger partial charge in [0.05, 0.1) is 5.69 Å². The SMILES string of the molecule is Cc1ccc(-c2ccnc3nc(Cc4ccccc4)nn23)cc1. The minimum absolute atomic E-state index is 0.633. The van der Waals surface area contributed by atoms with Gasteiger partial charge in [-0.1, -0.05) is 60.2 Å². The third kappa shape index (κ3) is 2.71. The maximum absolute atomic E-state index is 4.65. The van der Waals surface area contributed by atoms with E-state index < -0.39 is 0 Å². The first-order valence-corrected chi connectivity index (χ1v) is 7.61. The fourth-order valence-electron chi connectivity index (χ4n) is 2.63. The number of nitrogens with zero attached hydrogens (tertiary/aromatic N) is 4. The predicted octanol–water partition coefficient (Wildman–Crippen LogP) is 3.69. The molecule has 23 heavy (non-hydrogen) atoms. The van der Waals surface area contributed by atoms with Gasteiger partial charge >= 0.3 is 0 Å². The first-order chi connectivity index (χ1) is 11.3. The van der Waals surface area contributed by atoms with Crippen molar-refractivity contribution >= 4 is 5.78 Å². The maximum Gasteiger partial charge on any atom is 0.252 e. The summed E-state index contributed by atoms with van der Waals surface area (Å²) in [5, 5.41) is 4.65. The summed E-state index contributed by atoms with van der Waals surface area (Å²) in [5.74, 6) is 1.41. The summed E-state index contributed by atoms with van der Waals surface area (Å²) >= 11 is 0. The van der Waals surface area contributed by atoms with E-state index in [-0.39, 0.29) is 0 Å². The van der Waals surface area contributed by atoms with Crippen LogP contribution in [0.5, 0.6) is 0 Å². The average Bonchev–Trinajstić information content (AvgIpc) is 2.99. The summed E-state index contributed by atoms with van der Waals surface area (Å²) in [7, 11) is 0. The maximum atomic E-state index is 4.65. The summed E-state index contributed by atoms with van der Waals surface area (Å²) in [6.45, 7) is 2.08. The quantitative estimate of drug-likeness (QED) is 0.579. The van der Waals surface area contributed by atoms with E-state index in [0.29, 0.717) is 12.2 Å². The zero-order chi connectivity index (χ0) is 15.6. The lowest BCUT2D eigenvalue weighted by atomic mass is 10.1. The van der Waals surface area contributed by atoms with Crippen LogP contribution in [0.1, 0.15) is 17.0 Å². The molecule has 2 aromatic carbocycles. The molecule has 0 bridgehead atoms. The van der Waals surface area contributed by atoms with Crippen LogP contribution < -0.4 is 0 Å². The highest BCUT2D eigenvalue weighted by Crippen LogP contribution is 2.20. The van der Waals surface area contributed by atoms with E-state index in [9.17, 15) is 0 Å². The molecule has 4 nitrogen and oxygen atoms in total. The Kier molecular flexibility index (Phi) is 3.35. The molecule has 0 spiro atoms. The minimum Gasteiger partial charge on any atom is -0.220 e. The van der Waals surface area contributed by atoms with Crippen LogP contribution in [0.3, 0.4) is 0 Å². The second kappa shape index (κ2) is 5.65. The van der Waals surface area contributed by atoms with Crippen molar-refractivity contribution in [2.24, 2.45) is 0 Å². The molecule has 2 heterocycles. The van der Waals surface area contributed by atoms with Crippen LogP contribution in [-0.4, -0.2) is 19.6 Å². The smallest absolute Gasteiger partial charge is 0.220 e. The Balaban J connectivity index is 1.77. The number of rotatable bonds is 3. The second-order valence-electron chi connectivity index (χ2n) is 5.60. The molecule has 112 valence electrons. The lowest BCUT2D eigenvalue weighted by Crippen LogP contribution is -1.96. The van der Waals surface area contributed by atoms with Crippen molar-refractivity contribution in [3.05, 3.63) is 83.8 Å². The topological polar surface area (TPSA) is 43.1 Å². The molecule has 0 saturated heterocycles. The van der Waals surface area contributed by atoms with Crippen LogP contribution in [0, 0.1) is 6.92 Å². The van der Waals surface area contributed by atoms with E-state index in [4.69, 9.17) is 0 Å². The van der Waals surface area contributed by atoms with Gasteiger partial charge in [-0.3, -0.25) is 0 Å². The number of aryl methyl sites for hydroxylation is 1. The van der Waals surface area contributed by atoms with E-state index in [1.165, 1.54) is 11.1 Å². The van der Waals surface area contributed by atoms with Gasteiger partial charge in [-0.15, -0.1) is 5.10 Å². The molecular weight excluding hydrogens is 284 g/mol. The summed E-state index contributed by atoms with van der Waals surface area (Å²) in [6.07, 6.45) is 2.49. The molecule has 0 fully saturated rings. The lowest BCUT2D eigenvalue weighted by Gasteiger charge is -2.03. The van der Waals surface area contributed by atoms with Gasteiger partial charge in [0.2, 0.25) is 0 Å². The van der Waals surface area contributed by atoms with Gasteiger partial charge in [0.15, 0.2) is 5.82 Å². The number of hydrogen-bond donors (Lipinski definition) is 0. The highest BCUT2D eigenvalue weighted by atomic mass is 15.3. The number of fused-ring (bicyclic) bond motifs is 1. The van der Waals surface area contributed by atoms with E-state index in [1.54, 1.807) is 6.20 Å². The van der Waals surface area contributed by atoms with Crippen molar-refractivity contribution in [3.63, 3.8) is 0 Å². The fourth-order valence-corrected chi connectivity index (χ4v) is 2.63. The molecule has 4 aromatic rings. The Labute approximate surface area is 134 Å². The normalized spacial score (nSPS) is 11.0. The Bertz CT molecular complexity index is 940. The van der Waals surface area contributed by atoms with Crippen LogP contribution >= 0.6 is 0 Å². The number of aromatic nitrogens is 4. The average molecular weight is 300 g/mol. The summed E-state index contributed by atoms with van der Waals surface area (Å²) < 4.78 is 1.82. The van der Waals surface area contributed by atoms with Gasteiger partial charge in [-0.2, -0.15) is 9.50 Å². The monoisotopic (exact) mass is 300 g/mol. The predicted molar refractivity (Wildman–Crippen MR) is 90.2 cm³/mol. The lowest BCUT2D eigenvalue weighted by molar-refractivity contribution is 0.898. The van der Waals surface area contributed by atoms with Crippen molar-refractivity contribution in [2.45, 2.75) is 13.3 Å². The third-order valence-corrected chi connectivity index (χ3v) is 3.84. The molecule has 0 atom stereocenters. The molecule has 0 unspecified atom stereocenters. The van der Waals surface area contributed by atoms with Crippen molar-refractivity contribution in [2.75, 3.05) is 0 Å². The molecule has 0 aliphatic rings. The first kappa shape index (κ1) is 13.6.